The van der Waals surface area contributed by atoms with Crippen molar-refractivity contribution in [1.29, 1.82) is 0 Å². The average molecular weight is 212 g/mol. The second-order valence-electron chi connectivity index (χ2n) is 1.98. The molecule has 74 valence electrons. The van der Waals surface area contributed by atoms with Gasteiger partial charge in [-0.2, -0.15) is 0 Å². The Kier molecular flexibility index (Phi) is 2.33. The van der Waals surface area contributed by atoms with Crippen LogP contribution in [0.1, 0.15) is 11.3 Å². The zero-order valence-electron chi connectivity index (χ0n) is 10.6. The second-order valence-corrected chi connectivity index (χ2v) is 1.98. The molecule has 7 heteroatoms. The minimum Gasteiger partial charge on any atom is -0.392 e. The SMILES string of the molecule is Cl.[2H]C([2H])(O)C([2H])([2H])n1c([N+](=O)[O-])cnc1C. The molecule has 0 bridgehead atoms. The normalized spacial score (nSPS) is 16.2. The maximum Gasteiger partial charge on any atom is 0.342 e. The van der Waals surface area contributed by atoms with Crippen LogP contribution in [0.15, 0.2) is 6.20 Å². The minimum absolute atomic E-state index is 0. The van der Waals surface area contributed by atoms with Crippen LogP contribution < -0.4 is 0 Å². The Bertz CT molecular complexity index is 431. The van der Waals surface area contributed by atoms with Crippen LogP contribution >= 0.6 is 12.4 Å². The smallest absolute Gasteiger partial charge is 0.342 e. The fourth-order valence-electron chi connectivity index (χ4n) is 0.749. The van der Waals surface area contributed by atoms with Gasteiger partial charge < -0.3 is 15.2 Å². The summed E-state index contributed by atoms with van der Waals surface area (Å²) in [4.78, 5) is 13.2. The standard InChI is InChI=1S/C6H9N3O3.ClH/c1-5-7-4-6(9(11)12)8(5)2-3-10;/h4,10H,2-3H2,1H3;1H/i2D2,3D2;. The molecule has 0 aliphatic carbocycles. The highest BCUT2D eigenvalue weighted by Gasteiger charge is 2.15. The van der Waals surface area contributed by atoms with Gasteiger partial charge in [0.1, 0.15) is 12.7 Å². The third-order valence-corrected chi connectivity index (χ3v) is 1.27. The van der Waals surface area contributed by atoms with Crippen molar-refractivity contribution in [3.8, 4) is 0 Å². The van der Waals surface area contributed by atoms with Crippen LogP contribution in [0.5, 0.6) is 0 Å². The molecule has 0 amide bonds. The van der Waals surface area contributed by atoms with Crippen molar-refractivity contribution < 1.29 is 15.5 Å². The van der Waals surface area contributed by atoms with E-state index >= 15 is 0 Å². The van der Waals surface area contributed by atoms with Gasteiger partial charge in [0, 0.05) is 6.92 Å². The third-order valence-electron chi connectivity index (χ3n) is 1.27. The first-order chi connectivity index (χ1) is 7.09. The lowest BCUT2D eigenvalue weighted by molar-refractivity contribution is -0.392. The monoisotopic (exact) mass is 211 g/mol. The van der Waals surface area contributed by atoms with Crippen LogP contribution in [0.4, 0.5) is 5.82 Å². The molecule has 13 heavy (non-hydrogen) atoms. The van der Waals surface area contributed by atoms with E-state index < -0.39 is 23.8 Å². The molecule has 0 spiro atoms. The van der Waals surface area contributed by atoms with Crippen molar-refractivity contribution in [2.24, 2.45) is 0 Å². The molecule has 1 rings (SSSR count). The van der Waals surface area contributed by atoms with Crippen LogP contribution in [0.25, 0.3) is 0 Å². The Labute approximate surface area is 86.4 Å². The van der Waals surface area contributed by atoms with Crippen molar-refractivity contribution in [2.45, 2.75) is 13.4 Å². The molecule has 0 fully saturated rings. The van der Waals surface area contributed by atoms with Crippen molar-refractivity contribution in [3.05, 3.63) is 22.1 Å². The van der Waals surface area contributed by atoms with E-state index in [1.807, 2.05) is 0 Å². The molecule has 0 saturated carbocycles. The Balaban J connectivity index is 0.00000256. The molecule has 0 saturated heterocycles. The number of halogens is 1. The van der Waals surface area contributed by atoms with Crippen molar-refractivity contribution in [1.82, 2.24) is 9.55 Å². The summed E-state index contributed by atoms with van der Waals surface area (Å²) >= 11 is 0. The number of nitrogens with zero attached hydrogens (tertiary/aromatic N) is 3. The van der Waals surface area contributed by atoms with Gasteiger partial charge in [-0.1, -0.05) is 0 Å². The fraction of sp³-hybridized carbons (Fsp3) is 0.500. The minimum atomic E-state index is -3.26. The number of hydrogen-bond donors (Lipinski definition) is 1. The van der Waals surface area contributed by atoms with Crippen molar-refractivity contribution >= 4 is 18.2 Å². The van der Waals surface area contributed by atoms with Gasteiger partial charge in [-0.3, -0.25) is 0 Å². The number of hydrogen-bond acceptors (Lipinski definition) is 4. The summed E-state index contributed by atoms with van der Waals surface area (Å²) in [6, 6.07) is 0. The van der Waals surface area contributed by atoms with Crippen molar-refractivity contribution in [3.63, 3.8) is 0 Å². The van der Waals surface area contributed by atoms with Gasteiger partial charge in [-0.15, -0.1) is 12.4 Å². The maximum atomic E-state index is 10.6. The molecule has 0 atom stereocenters. The zero-order valence-corrected chi connectivity index (χ0v) is 7.41. The summed E-state index contributed by atoms with van der Waals surface area (Å²) in [6.45, 7) is -4.96. The summed E-state index contributed by atoms with van der Waals surface area (Å²) in [7, 11) is 0. The predicted molar refractivity (Wildman–Crippen MR) is 48.0 cm³/mol. The van der Waals surface area contributed by atoms with E-state index in [0.717, 1.165) is 6.20 Å². The lowest BCUT2D eigenvalue weighted by atomic mass is 10.6. The summed E-state index contributed by atoms with van der Waals surface area (Å²) in [5.41, 5.74) is 0. The summed E-state index contributed by atoms with van der Waals surface area (Å²) in [5.74, 6) is -0.824. The topological polar surface area (TPSA) is 81.2 Å². The Hall–Kier alpha value is -1.14. The molecule has 0 radical (unpaired) electrons. The summed E-state index contributed by atoms with van der Waals surface area (Å²) in [5, 5.41) is 19.6. The molecular weight excluding hydrogens is 198 g/mol. The van der Waals surface area contributed by atoms with Gasteiger partial charge in [0.15, 0.2) is 5.82 Å². The zero-order chi connectivity index (χ0) is 12.7. The van der Waals surface area contributed by atoms with E-state index in [-0.39, 0.29) is 18.2 Å². The Morgan fingerprint density at radius 1 is 1.92 bits per heavy atom. The van der Waals surface area contributed by atoms with E-state index in [4.69, 9.17) is 10.6 Å². The molecule has 1 N–H and O–H groups in total. The fourth-order valence-corrected chi connectivity index (χ4v) is 0.749. The van der Waals surface area contributed by atoms with Gasteiger partial charge in [-0.05, 0) is 4.92 Å². The number of aromatic nitrogens is 2. The highest BCUT2D eigenvalue weighted by Crippen LogP contribution is 2.12. The molecule has 6 nitrogen and oxygen atoms in total. The predicted octanol–water partition coefficient (Wildman–Crippen LogP) is 0.514. The number of imidazole rings is 1. The largest absolute Gasteiger partial charge is 0.392 e. The van der Waals surface area contributed by atoms with Crippen LogP contribution in [0.2, 0.25) is 0 Å². The highest BCUT2D eigenvalue weighted by molar-refractivity contribution is 5.85. The first kappa shape index (κ1) is 6.33. The number of aliphatic hydroxyl groups is 1. The lowest BCUT2D eigenvalue weighted by Gasteiger charge is -1.98. The summed E-state index contributed by atoms with van der Waals surface area (Å²) < 4.78 is 29.0. The van der Waals surface area contributed by atoms with E-state index in [1.54, 1.807) is 0 Å². The molecule has 0 unspecified atom stereocenters. The van der Waals surface area contributed by atoms with Crippen molar-refractivity contribution in [2.75, 3.05) is 6.56 Å². The molecular formula is C6H10ClN3O3. The van der Waals surface area contributed by atoms with Gasteiger partial charge in [0.2, 0.25) is 0 Å². The molecule has 0 aromatic carbocycles. The maximum absolute atomic E-state index is 10.6. The third kappa shape index (κ3) is 2.40. The van der Waals surface area contributed by atoms with Crippen LogP contribution in [0, 0.1) is 17.0 Å². The van der Waals surface area contributed by atoms with E-state index in [0.29, 0.717) is 4.57 Å². The Morgan fingerprint density at radius 3 is 3.00 bits per heavy atom. The summed E-state index contributed by atoms with van der Waals surface area (Å²) in [6.07, 6.45) is 0.804. The first-order valence-corrected chi connectivity index (χ1v) is 3.00. The van der Waals surface area contributed by atoms with E-state index in [9.17, 15) is 10.1 Å². The number of aryl methyl sites for hydroxylation is 1. The Morgan fingerprint density at radius 2 is 2.54 bits per heavy atom. The van der Waals surface area contributed by atoms with Crippen LogP contribution in [-0.4, -0.2) is 26.1 Å². The number of rotatable bonds is 3. The van der Waals surface area contributed by atoms with Crippen LogP contribution in [0.3, 0.4) is 0 Å². The van der Waals surface area contributed by atoms with Gasteiger partial charge in [-0.25, -0.2) is 9.55 Å². The molecule has 1 aromatic heterocycles. The highest BCUT2D eigenvalue weighted by atomic mass is 35.5. The van der Waals surface area contributed by atoms with Gasteiger partial charge in [0.25, 0.3) is 0 Å². The number of nitro groups is 1. The average Bonchev–Trinajstić information content (AvgIpc) is 2.45. The van der Waals surface area contributed by atoms with Crippen LogP contribution in [-0.2, 0) is 6.50 Å². The first-order valence-electron chi connectivity index (χ1n) is 5.00. The molecule has 0 aliphatic rings. The van der Waals surface area contributed by atoms with Gasteiger partial charge >= 0.3 is 5.82 Å². The van der Waals surface area contributed by atoms with E-state index in [1.165, 1.54) is 6.92 Å². The quantitative estimate of drug-likeness (QED) is 0.584. The van der Waals surface area contributed by atoms with E-state index in [2.05, 4.69) is 4.98 Å². The lowest BCUT2D eigenvalue weighted by Crippen LogP contribution is -2.07. The van der Waals surface area contributed by atoms with Gasteiger partial charge in [0.05, 0.1) is 12.0 Å². The molecule has 1 aromatic rings. The second kappa shape index (κ2) is 4.78. The molecule has 0 aliphatic heterocycles. The molecule has 1 heterocycles.